The third-order valence-corrected chi connectivity index (χ3v) is 5.83. The minimum atomic E-state index is -0.784. The summed E-state index contributed by atoms with van der Waals surface area (Å²) in [6, 6.07) is 20.5. The van der Waals surface area contributed by atoms with Crippen LogP contribution in [0.1, 0.15) is 10.6 Å². The molecule has 0 saturated heterocycles. The lowest BCUT2D eigenvalue weighted by Crippen LogP contribution is -2.42. The predicted octanol–water partition coefficient (Wildman–Crippen LogP) is 3.11. The molecule has 1 aliphatic heterocycles. The number of nitrogens with one attached hydrogen (secondary N) is 1. The van der Waals surface area contributed by atoms with E-state index in [0.29, 0.717) is 23.9 Å². The van der Waals surface area contributed by atoms with Crippen LogP contribution in [0.25, 0.3) is 16.4 Å². The van der Waals surface area contributed by atoms with Crippen molar-refractivity contribution in [2.24, 2.45) is 0 Å². The Morgan fingerprint density at radius 3 is 2.65 bits per heavy atom. The van der Waals surface area contributed by atoms with Gasteiger partial charge in [0.25, 0.3) is 11.7 Å². The number of para-hydroxylation sites is 3. The van der Waals surface area contributed by atoms with Crippen LogP contribution >= 0.6 is 11.3 Å². The largest absolute Gasteiger partial charge is 0.486 e. The molecule has 0 spiro atoms. The summed E-state index contributed by atoms with van der Waals surface area (Å²) < 4.78 is 18.2. The second-order valence-electron chi connectivity index (χ2n) is 7.36. The monoisotopic (exact) mass is 476 g/mol. The van der Waals surface area contributed by atoms with Crippen LogP contribution < -0.4 is 14.8 Å². The van der Waals surface area contributed by atoms with Crippen molar-refractivity contribution in [2.75, 3.05) is 19.8 Å². The molecule has 34 heavy (non-hydrogen) atoms. The van der Waals surface area contributed by atoms with Gasteiger partial charge in [-0.15, -0.1) is 16.4 Å². The van der Waals surface area contributed by atoms with Crippen LogP contribution in [-0.4, -0.2) is 52.5 Å². The number of benzene rings is 2. The van der Waals surface area contributed by atoms with E-state index in [1.807, 2.05) is 66.0 Å². The molecule has 3 heterocycles. The minimum Gasteiger partial charge on any atom is -0.486 e. The van der Waals surface area contributed by atoms with Gasteiger partial charge in [0.1, 0.15) is 12.7 Å². The Hall–Kier alpha value is -4.18. The van der Waals surface area contributed by atoms with Crippen molar-refractivity contribution in [3.8, 4) is 27.9 Å². The Labute approximate surface area is 198 Å². The van der Waals surface area contributed by atoms with E-state index in [0.717, 1.165) is 10.6 Å². The summed E-state index contributed by atoms with van der Waals surface area (Å²) in [6.07, 6.45) is -0.342. The standard InChI is InChI=1S/C24H20N4O5S/c29-21(25-13-17-14-31-18-9-4-5-10-19(18)33-17)15-32-24(30)22-26-23(20-11-6-12-34-20)28(27-22)16-7-2-1-3-8-16/h1-12,17H,13-15H2,(H,25,29). The highest BCUT2D eigenvalue weighted by Gasteiger charge is 2.23. The van der Waals surface area contributed by atoms with Crippen molar-refractivity contribution >= 4 is 23.2 Å². The van der Waals surface area contributed by atoms with Gasteiger partial charge < -0.3 is 19.5 Å². The zero-order valence-corrected chi connectivity index (χ0v) is 18.7. The van der Waals surface area contributed by atoms with Gasteiger partial charge in [-0.1, -0.05) is 36.4 Å². The predicted molar refractivity (Wildman–Crippen MR) is 124 cm³/mol. The topological polar surface area (TPSA) is 105 Å². The van der Waals surface area contributed by atoms with Crippen molar-refractivity contribution in [3.63, 3.8) is 0 Å². The van der Waals surface area contributed by atoms with Crippen molar-refractivity contribution in [3.05, 3.63) is 77.9 Å². The highest BCUT2D eigenvalue weighted by atomic mass is 32.1. The number of amides is 1. The van der Waals surface area contributed by atoms with Gasteiger partial charge in [-0.3, -0.25) is 4.79 Å². The van der Waals surface area contributed by atoms with Crippen molar-refractivity contribution < 1.29 is 23.8 Å². The summed E-state index contributed by atoms with van der Waals surface area (Å²) in [5.74, 6) is 0.447. The summed E-state index contributed by atoms with van der Waals surface area (Å²) >= 11 is 1.48. The third kappa shape index (κ3) is 4.76. The van der Waals surface area contributed by atoms with Gasteiger partial charge in [-0.05, 0) is 35.7 Å². The lowest BCUT2D eigenvalue weighted by atomic mass is 10.2. The number of thiophene rings is 1. The van der Waals surface area contributed by atoms with Crippen LogP contribution in [0.4, 0.5) is 0 Å². The van der Waals surface area contributed by atoms with Crippen molar-refractivity contribution in [1.29, 1.82) is 0 Å². The molecule has 1 amide bonds. The number of esters is 1. The molecule has 0 bridgehead atoms. The number of hydrogen-bond acceptors (Lipinski definition) is 8. The van der Waals surface area contributed by atoms with Gasteiger partial charge in [-0.25, -0.2) is 9.48 Å². The van der Waals surface area contributed by atoms with E-state index in [-0.39, 0.29) is 18.5 Å². The van der Waals surface area contributed by atoms with Crippen LogP contribution in [-0.2, 0) is 9.53 Å². The zero-order valence-electron chi connectivity index (χ0n) is 17.9. The van der Waals surface area contributed by atoms with E-state index in [4.69, 9.17) is 14.2 Å². The van der Waals surface area contributed by atoms with Crippen molar-refractivity contribution in [2.45, 2.75) is 6.10 Å². The summed E-state index contributed by atoms with van der Waals surface area (Å²) in [6.45, 7) is 0.0642. The smallest absolute Gasteiger partial charge is 0.378 e. The fourth-order valence-corrected chi connectivity index (χ4v) is 4.05. The molecule has 0 radical (unpaired) electrons. The lowest BCUT2D eigenvalue weighted by Gasteiger charge is -2.26. The first-order valence-electron chi connectivity index (χ1n) is 10.6. The maximum atomic E-state index is 12.6. The number of aromatic nitrogens is 3. The maximum absolute atomic E-state index is 12.6. The highest BCUT2D eigenvalue weighted by molar-refractivity contribution is 7.13. The molecule has 0 aliphatic carbocycles. The van der Waals surface area contributed by atoms with Gasteiger partial charge in [-0.2, -0.15) is 4.98 Å². The first-order chi connectivity index (χ1) is 16.7. The fourth-order valence-electron chi connectivity index (χ4n) is 3.35. The molecule has 2 aromatic carbocycles. The van der Waals surface area contributed by atoms with E-state index in [9.17, 15) is 9.59 Å². The van der Waals surface area contributed by atoms with E-state index in [1.54, 1.807) is 10.7 Å². The number of fused-ring (bicyclic) bond motifs is 1. The Morgan fingerprint density at radius 2 is 1.85 bits per heavy atom. The summed E-state index contributed by atoms with van der Waals surface area (Å²) in [5, 5.41) is 8.93. The van der Waals surface area contributed by atoms with Crippen LogP contribution in [0.5, 0.6) is 11.5 Å². The number of ether oxygens (including phenoxy) is 3. The number of rotatable bonds is 7. The van der Waals surface area contributed by atoms with Gasteiger partial charge in [0, 0.05) is 0 Å². The molecule has 0 fully saturated rings. The Kier molecular flexibility index (Phi) is 6.21. The number of nitrogens with zero attached hydrogens (tertiary/aromatic N) is 3. The van der Waals surface area contributed by atoms with Crippen LogP contribution in [0.2, 0.25) is 0 Å². The molecule has 2 aromatic heterocycles. The molecule has 5 rings (SSSR count). The van der Waals surface area contributed by atoms with Gasteiger partial charge in [0.2, 0.25) is 0 Å². The van der Waals surface area contributed by atoms with Crippen LogP contribution in [0, 0.1) is 0 Å². The quantitative estimate of drug-likeness (QED) is 0.409. The number of carbonyl (C=O) groups is 2. The fraction of sp³-hybridized carbons (Fsp3) is 0.167. The average Bonchev–Trinajstić information content (AvgIpc) is 3.57. The Morgan fingerprint density at radius 1 is 1.06 bits per heavy atom. The minimum absolute atomic E-state index is 0.124. The number of hydrogen-bond donors (Lipinski definition) is 1. The molecule has 1 unspecified atom stereocenters. The van der Waals surface area contributed by atoms with Crippen LogP contribution in [0.15, 0.2) is 72.1 Å². The SMILES string of the molecule is O=C(COC(=O)c1nc(-c2cccs2)n(-c2ccccc2)n1)NCC1COc2ccccc2O1. The Balaban J connectivity index is 1.19. The maximum Gasteiger partial charge on any atom is 0.378 e. The van der Waals surface area contributed by atoms with E-state index >= 15 is 0 Å². The molecule has 1 N–H and O–H groups in total. The molecular formula is C24H20N4O5S. The molecule has 4 aromatic rings. The van der Waals surface area contributed by atoms with Gasteiger partial charge in [0.15, 0.2) is 23.9 Å². The molecule has 1 aliphatic rings. The molecule has 0 saturated carbocycles. The van der Waals surface area contributed by atoms with E-state index in [1.165, 1.54) is 11.3 Å². The second-order valence-corrected chi connectivity index (χ2v) is 8.31. The first kappa shape index (κ1) is 21.7. The zero-order chi connectivity index (χ0) is 23.3. The molecule has 172 valence electrons. The molecule has 9 nitrogen and oxygen atoms in total. The van der Waals surface area contributed by atoms with E-state index < -0.39 is 18.5 Å². The third-order valence-electron chi connectivity index (χ3n) is 4.96. The second kappa shape index (κ2) is 9.75. The summed E-state index contributed by atoms with van der Waals surface area (Å²) in [5.41, 5.74) is 0.756. The molecule has 1 atom stereocenters. The van der Waals surface area contributed by atoms with Crippen LogP contribution in [0.3, 0.4) is 0 Å². The van der Waals surface area contributed by atoms with Crippen molar-refractivity contribution in [1.82, 2.24) is 20.1 Å². The molecule has 10 heteroatoms. The highest BCUT2D eigenvalue weighted by Crippen LogP contribution is 2.30. The Bertz CT molecular complexity index is 1290. The lowest BCUT2D eigenvalue weighted by molar-refractivity contribution is -0.124. The van der Waals surface area contributed by atoms with E-state index in [2.05, 4.69) is 15.4 Å². The van der Waals surface area contributed by atoms with Gasteiger partial charge >= 0.3 is 5.97 Å². The first-order valence-corrected chi connectivity index (χ1v) is 11.4. The normalized spacial score (nSPS) is 14.4. The molecular weight excluding hydrogens is 456 g/mol. The van der Waals surface area contributed by atoms with Gasteiger partial charge in [0.05, 0.1) is 17.1 Å². The summed E-state index contributed by atoms with van der Waals surface area (Å²) in [4.78, 5) is 30.0. The summed E-state index contributed by atoms with van der Waals surface area (Å²) in [7, 11) is 0. The average molecular weight is 477 g/mol. The number of carbonyl (C=O) groups excluding carboxylic acids is 2.